The first-order chi connectivity index (χ1) is 10.9. The quantitative estimate of drug-likeness (QED) is 0.856. The Hall–Kier alpha value is -1.63. The van der Waals surface area contributed by atoms with Gasteiger partial charge in [0.25, 0.3) is 0 Å². The van der Waals surface area contributed by atoms with Gasteiger partial charge in [0.15, 0.2) is 11.6 Å². The molecule has 124 valence electrons. The summed E-state index contributed by atoms with van der Waals surface area (Å²) in [6.45, 7) is 0.730. The number of likely N-dealkylation sites (tertiary alicyclic amines) is 1. The molecule has 1 saturated heterocycles. The van der Waals surface area contributed by atoms with Crippen molar-refractivity contribution in [2.45, 2.75) is 24.2 Å². The van der Waals surface area contributed by atoms with Gasteiger partial charge in [0, 0.05) is 18.0 Å². The lowest BCUT2D eigenvalue weighted by Crippen LogP contribution is -2.37. The molecule has 2 atom stereocenters. The number of benzene rings is 1. The average molecular weight is 341 g/mol. The monoisotopic (exact) mass is 341 g/mol. The molecule has 0 unspecified atom stereocenters. The topological polar surface area (TPSA) is 57.6 Å². The van der Waals surface area contributed by atoms with Gasteiger partial charge in [-0.3, -0.25) is 9.59 Å². The van der Waals surface area contributed by atoms with E-state index in [9.17, 15) is 23.5 Å². The number of hydrogen-bond donors (Lipinski definition) is 1. The van der Waals surface area contributed by atoms with Crippen molar-refractivity contribution in [3.63, 3.8) is 0 Å². The molecule has 2 fully saturated rings. The van der Waals surface area contributed by atoms with Gasteiger partial charge in [-0.2, -0.15) is 0 Å². The number of halogens is 2. The smallest absolute Gasteiger partial charge is 0.311 e. The fraction of sp³-hybridized carbons (Fsp3) is 0.500. The van der Waals surface area contributed by atoms with Crippen molar-refractivity contribution in [3.8, 4) is 0 Å². The summed E-state index contributed by atoms with van der Waals surface area (Å²) in [5, 5.41) is 9.52. The van der Waals surface area contributed by atoms with E-state index in [-0.39, 0.29) is 24.1 Å². The van der Waals surface area contributed by atoms with Crippen LogP contribution >= 0.6 is 11.8 Å². The lowest BCUT2D eigenvalue weighted by Gasteiger charge is -2.23. The van der Waals surface area contributed by atoms with Gasteiger partial charge in [-0.25, -0.2) is 8.78 Å². The lowest BCUT2D eigenvalue weighted by atomic mass is 9.81. The number of aliphatic carboxylic acids is 1. The Kier molecular flexibility index (Phi) is 4.31. The lowest BCUT2D eigenvalue weighted by molar-refractivity contribution is -0.149. The summed E-state index contributed by atoms with van der Waals surface area (Å²) < 4.78 is 26.0. The van der Waals surface area contributed by atoms with Gasteiger partial charge >= 0.3 is 5.97 Å². The zero-order chi connectivity index (χ0) is 16.6. The van der Waals surface area contributed by atoms with Gasteiger partial charge in [0.2, 0.25) is 5.91 Å². The van der Waals surface area contributed by atoms with Gasteiger partial charge in [-0.1, -0.05) is 6.42 Å². The summed E-state index contributed by atoms with van der Waals surface area (Å²) in [5.74, 6) is -2.72. The maximum absolute atomic E-state index is 13.2. The van der Waals surface area contributed by atoms with E-state index in [4.69, 9.17) is 0 Å². The number of amides is 1. The van der Waals surface area contributed by atoms with E-state index < -0.39 is 23.0 Å². The van der Waals surface area contributed by atoms with E-state index >= 15 is 0 Å². The molecular formula is C16H17F2NO3S. The second kappa shape index (κ2) is 6.11. The van der Waals surface area contributed by atoms with Crippen LogP contribution in [0.15, 0.2) is 23.1 Å². The summed E-state index contributed by atoms with van der Waals surface area (Å²) in [6, 6.07) is 3.51. The Labute approximate surface area is 136 Å². The summed E-state index contributed by atoms with van der Waals surface area (Å²) in [7, 11) is 0. The molecule has 1 saturated carbocycles. The number of rotatable bonds is 4. The molecule has 1 heterocycles. The molecule has 0 spiro atoms. The molecule has 1 aromatic rings. The molecule has 2 aliphatic rings. The van der Waals surface area contributed by atoms with Crippen LogP contribution in [0.25, 0.3) is 0 Å². The predicted octanol–water partition coefficient (Wildman–Crippen LogP) is 2.77. The fourth-order valence-electron chi connectivity index (χ4n) is 3.63. The van der Waals surface area contributed by atoms with Crippen LogP contribution in [-0.4, -0.2) is 40.7 Å². The number of carbonyl (C=O) groups excluding carboxylic acids is 1. The van der Waals surface area contributed by atoms with Gasteiger partial charge in [-0.15, -0.1) is 11.8 Å². The highest BCUT2D eigenvalue weighted by molar-refractivity contribution is 8.00. The van der Waals surface area contributed by atoms with Crippen LogP contribution in [0.4, 0.5) is 8.78 Å². The van der Waals surface area contributed by atoms with Crippen molar-refractivity contribution < 1.29 is 23.5 Å². The maximum atomic E-state index is 13.2. The van der Waals surface area contributed by atoms with Crippen LogP contribution in [0, 0.1) is 23.0 Å². The number of hydrogen-bond acceptors (Lipinski definition) is 3. The zero-order valence-corrected chi connectivity index (χ0v) is 13.2. The Morgan fingerprint density at radius 3 is 2.78 bits per heavy atom. The average Bonchev–Trinajstić information content (AvgIpc) is 3.06. The minimum atomic E-state index is -0.942. The van der Waals surface area contributed by atoms with E-state index in [1.54, 1.807) is 4.90 Å². The van der Waals surface area contributed by atoms with E-state index in [0.717, 1.165) is 36.7 Å². The van der Waals surface area contributed by atoms with Crippen molar-refractivity contribution >= 4 is 23.6 Å². The first-order valence-corrected chi connectivity index (χ1v) is 8.50. The first-order valence-electron chi connectivity index (χ1n) is 7.51. The normalized spacial score (nSPS) is 26.3. The summed E-state index contributed by atoms with van der Waals surface area (Å²) in [4.78, 5) is 26.0. The number of fused-ring (bicyclic) bond motifs is 1. The van der Waals surface area contributed by atoms with Gasteiger partial charge in [-0.05, 0) is 37.0 Å². The molecule has 3 rings (SSSR count). The van der Waals surface area contributed by atoms with Crippen LogP contribution in [0.3, 0.4) is 0 Å². The number of thioether (sulfide) groups is 1. The standard InChI is InChI=1S/C16H17F2NO3S/c17-12-4-3-11(6-13(12)18)23-8-14(20)19-7-10-2-1-5-16(10,9-19)15(21)22/h3-4,6,10H,1-2,5,7-9H2,(H,21,22)/t10-,16+/m0/s1. The van der Waals surface area contributed by atoms with E-state index in [1.165, 1.54) is 6.07 Å². The second-order valence-corrected chi connectivity index (χ2v) is 7.24. The number of carboxylic acids is 1. The Balaban J connectivity index is 1.61. The Morgan fingerprint density at radius 2 is 2.13 bits per heavy atom. The molecule has 4 nitrogen and oxygen atoms in total. The number of nitrogens with zero attached hydrogens (tertiary/aromatic N) is 1. The van der Waals surface area contributed by atoms with Crippen LogP contribution in [-0.2, 0) is 9.59 Å². The minimum Gasteiger partial charge on any atom is -0.481 e. The molecule has 0 radical (unpaired) electrons. The summed E-state index contributed by atoms with van der Waals surface area (Å²) in [5.41, 5.74) is -0.789. The predicted molar refractivity (Wildman–Crippen MR) is 81.1 cm³/mol. The molecule has 0 bridgehead atoms. The highest BCUT2D eigenvalue weighted by Crippen LogP contribution is 2.49. The van der Waals surface area contributed by atoms with Crippen molar-refractivity contribution in [3.05, 3.63) is 29.8 Å². The minimum absolute atomic E-state index is 0.0252. The zero-order valence-electron chi connectivity index (χ0n) is 12.4. The Bertz CT molecular complexity index is 654. The van der Waals surface area contributed by atoms with E-state index in [1.807, 2.05) is 0 Å². The van der Waals surface area contributed by atoms with Gasteiger partial charge in [0.1, 0.15) is 0 Å². The van der Waals surface area contributed by atoms with Gasteiger partial charge in [0.05, 0.1) is 11.2 Å². The van der Waals surface area contributed by atoms with Crippen molar-refractivity contribution in [2.75, 3.05) is 18.8 Å². The van der Waals surface area contributed by atoms with Crippen molar-refractivity contribution in [2.24, 2.45) is 11.3 Å². The highest BCUT2D eigenvalue weighted by Gasteiger charge is 2.55. The highest BCUT2D eigenvalue weighted by atomic mass is 32.2. The SMILES string of the molecule is O=C(CSc1ccc(F)c(F)c1)N1C[C@@H]2CCC[C@@]2(C(=O)O)C1. The van der Waals surface area contributed by atoms with Crippen LogP contribution < -0.4 is 0 Å². The van der Waals surface area contributed by atoms with Crippen LogP contribution in [0.5, 0.6) is 0 Å². The Morgan fingerprint density at radius 1 is 1.35 bits per heavy atom. The summed E-state index contributed by atoms with van der Waals surface area (Å²) in [6.07, 6.45) is 2.35. The van der Waals surface area contributed by atoms with Crippen LogP contribution in [0.1, 0.15) is 19.3 Å². The third kappa shape index (κ3) is 2.94. The van der Waals surface area contributed by atoms with Crippen molar-refractivity contribution in [1.82, 2.24) is 4.90 Å². The molecule has 23 heavy (non-hydrogen) atoms. The largest absolute Gasteiger partial charge is 0.481 e. The third-order valence-corrected chi connectivity index (χ3v) is 5.88. The molecule has 1 N–H and O–H groups in total. The van der Waals surface area contributed by atoms with E-state index in [2.05, 4.69) is 0 Å². The molecule has 1 aromatic carbocycles. The number of carboxylic acid groups (broad SMARTS) is 1. The molecule has 7 heteroatoms. The third-order valence-electron chi connectivity index (χ3n) is 4.90. The number of carbonyl (C=O) groups is 2. The first kappa shape index (κ1) is 16.2. The fourth-order valence-corrected chi connectivity index (χ4v) is 4.46. The van der Waals surface area contributed by atoms with Crippen molar-refractivity contribution in [1.29, 1.82) is 0 Å². The van der Waals surface area contributed by atoms with Gasteiger partial charge < -0.3 is 10.0 Å². The van der Waals surface area contributed by atoms with E-state index in [0.29, 0.717) is 17.9 Å². The molecule has 1 amide bonds. The van der Waals surface area contributed by atoms with Crippen LogP contribution in [0.2, 0.25) is 0 Å². The molecule has 1 aliphatic carbocycles. The molecular weight excluding hydrogens is 324 g/mol. The maximum Gasteiger partial charge on any atom is 0.311 e. The molecule has 1 aliphatic heterocycles. The second-order valence-electron chi connectivity index (χ2n) is 6.19. The summed E-state index contributed by atoms with van der Waals surface area (Å²) >= 11 is 1.13. The molecule has 0 aromatic heterocycles.